The van der Waals surface area contributed by atoms with Crippen LogP contribution in [0.5, 0.6) is 0 Å². The van der Waals surface area contributed by atoms with Gasteiger partial charge in [-0.25, -0.2) is 14.8 Å². The molecule has 0 saturated heterocycles. The third-order valence-corrected chi connectivity index (χ3v) is 3.37. The van der Waals surface area contributed by atoms with E-state index in [0.29, 0.717) is 10.9 Å². The molecule has 0 saturated carbocycles. The summed E-state index contributed by atoms with van der Waals surface area (Å²) < 4.78 is 5.03. The Balaban J connectivity index is 2.63. The number of carbonyl (C=O) groups is 1. The highest BCUT2D eigenvalue weighted by molar-refractivity contribution is 7.98. The predicted octanol–water partition coefficient (Wildman–Crippen LogP) is 3.70. The van der Waals surface area contributed by atoms with E-state index in [4.69, 9.17) is 16.3 Å². The van der Waals surface area contributed by atoms with Crippen LogP contribution in [0, 0.1) is 0 Å². The van der Waals surface area contributed by atoms with Gasteiger partial charge >= 0.3 is 5.97 Å². The van der Waals surface area contributed by atoms with E-state index in [2.05, 4.69) is 9.97 Å². The maximum absolute atomic E-state index is 12.1. The fourth-order valence-electron chi connectivity index (χ4n) is 1.69. The Kier molecular flexibility index (Phi) is 4.98. The second kappa shape index (κ2) is 6.72. The minimum absolute atomic E-state index is 0.113. The SMILES string of the molecule is CCOC(=O)c1c(Cl)nc(SC)nc1-c1ccccc1. The van der Waals surface area contributed by atoms with E-state index in [1.54, 1.807) is 6.92 Å². The number of ether oxygens (including phenoxy) is 1. The van der Waals surface area contributed by atoms with Crippen molar-refractivity contribution in [2.45, 2.75) is 12.1 Å². The number of hydrogen-bond donors (Lipinski definition) is 0. The average Bonchev–Trinajstić information content (AvgIpc) is 2.47. The quantitative estimate of drug-likeness (QED) is 0.373. The molecule has 0 aliphatic carbocycles. The molecule has 0 aliphatic heterocycles. The Morgan fingerprint density at radius 1 is 1.30 bits per heavy atom. The van der Waals surface area contributed by atoms with Crippen LogP contribution in [0.15, 0.2) is 35.5 Å². The number of aromatic nitrogens is 2. The molecule has 0 bridgehead atoms. The van der Waals surface area contributed by atoms with Crippen LogP contribution in [0.3, 0.4) is 0 Å². The molecule has 0 N–H and O–H groups in total. The van der Waals surface area contributed by atoms with E-state index < -0.39 is 5.97 Å². The zero-order chi connectivity index (χ0) is 14.5. The minimum Gasteiger partial charge on any atom is -0.462 e. The first-order valence-electron chi connectivity index (χ1n) is 6.01. The van der Waals surface area contributed by atoms with Gasteiger partial charge in [0.25, 0.3) is 0 Å². The van der Waals surface area contributed by atoms with Gasteiger partial charge in [0, 0.05) is 5.56 Å². The lowest BCUT2D eigenvalue weighted by Gasteiger charge is -2.10. The fraction of sp³-hybridized carbons (Fsp3) is 0.214. The second-order valence-electron chi connectivity index (χ2n) is 3.81. The molecule has 0 aliphatic rings. The van der Waals surface area contributed by atoms with Crippen LogP contribution in [-0.2, 0) is 4.74 Å². The number of thioether (sulfide) groups is 1. The van der Waals surface area contributed by atoms with Crippen molar-refractivity contribution in [3.63, 3.8) is 0 Å². The van der Waals surface area contributed by atoms with E-state index in [1.165, 1.54) is 11.8 Å². The molecule has 0 fully saturated rings. The number of esters is 1. The number of nitrogens with zero attached hydrogens (tertiary/aromatic N) is 2. The number of benzene rings is 1. The summed E-state index contributed by atoms with van der Waals surface area (Å²) in [7, 11) is 0. The van der Waals surface area contributed by atoms with Crippen LogP contribution in [-0.4, -0.2) is 28.8 Å². The van der Waals surface area contributed by atoms with Gasteiger partial charge in [0.15, 0.2) is 5.16 Å². The summed E-state index contributed by atoms with van der Waals surface area (Å²) in [6.07, 6.45) is 1.85. The first-order valence-corrected chi connectivity index (χ1v) is 7.61. The van der Waals surface area contributed by atoms with Crippen LogP contribution < -0.4 is 0 Å². The van der Waals surface area contributed by atoms with Gasteiger partial charge in [0.1, 0.15) is 10.7 Å². The van der Waals surface area contributed by atoms with Crippen LogP contribution in [0.4, 0.5) is 0 Å². The lowest BCUT2D eigenvalue weighted by atomic mass is 10.1. The van der Waals surface area contributed by atoms with Gasteiger partial charge in [-0.2, -0.15) is 0 Å². The number of rotatable bonds is 4. The van der Waals surface area contributed by atoms with Gasteiger partial charge in [-0.15, -0.1) is 0 Å². The Bertz CT molecular complexity index is 620. The van der Waals surface area contributed by atoms with Crippen molar-refractivity contribution in [2.75, 3.05) is 12.9 Å². The average molecular weight is 309 g/mol. The molecule has 0 spiro atoms. The van der Waals surface area contributed by atoms with Crippen molar-refractivity contribution >= 4 is 29.3 Å². The molecule has 0 unspecified atom stereocenters. The Hall–Kier alpha value is -1.59. The Morgan fingerprint density at radius 2 is 2.00 bits per heavy atom. The summed E-state index contributed by atoms with van der Waals surface area (Å²) in [6.45, 7) is 2.01. The molecule has 1 aromatic carbocycles. The summed E-state index contributed by atoms with van der Waals surface area (Å²) in [5.41, 5.74) is 1.50. The summed E-state index contributed by atoms with van der Waals surface area (Å²) in [4.78, 5) is 20.6. The van der Waals surface area contributed by atoms with E-state index in [1.807, 2.05) is 36.6 Å². The van der Waals surface area contributed by atoms with Gasteiger partial charge < -0.3 is 4.74 Å². The molecule has 20 heavy (non-hydrogen) atoms. The number of hydrogen-bond acceptors (Lipinski definition) is 5. The molecule has 104 valence electrons. The molecule has 1 aromatic heterocycles. The number of carbonyl (C=O) groups excluding carboxylic acids is 1. The van der Waals surface area contributed by atoms with E-state index >= 15 is 0 Å². The highest BCUT2D eigenvalue weighted by Crippen LogP contribution is 2.29. The third kappa shape index (κ3) is 3.11. The fourth-order valence-corrected chi connectivity index (χ4v) is 2.36. The molecule has 0 atom stereocenters. The topological polar surface area (TPSA) is 52.1 Å². The van der Waals surface area contributed by atoms with Gasteiger partial charge in [0.2, 0.25) is 0 Å². The molecule has 4 nitrogen and oxygen atoms in total. The van der Waals surface area contributed by atoms with E-state index in [9.17, 15) is 4.79 Å². The smallest absolute Gasteiger partial charge is 0.343 e. The van der Waals surface area contributed by atoms with Crippen molar-refractivity contribution in [1.29, 1.82) is 0 Å². The van der Waals surface area contributed by atoms with Crippen LogP contribution in [0.2, 0.25) is 5.15 Å². The molecule has 1 heterocycles. The standard InChI is InChI=1S/C14H13ClN2O2S/c1-3-19-13(18)10-11(9-7-5-4-6-8-9)16-14(20-2)17-12(10)15/h4-8H,3H2,1-2H3. The zero-order valence-electron chi connectivity index (χ0n) is 11.1. The van der Waals surface area contributed by atoms with Gasteiger partial charge in [-0.3, -0.25) is 0 Å². The van der Waals surface area contributed by atoms with Crippen molar-refractivity contribution in [3.05, 3.63) is 41.0 Å². The van der Waals surface area contributed by atoms with Crippen molar-refractivity contribution in [1.82, 2.24) is 9.97 Å². The normalized spacial score (nSPS) is 10.3. The molecule has 2 rings (SSSR count). The van der Waals surface area contributed by atoms with Crippen molar-refractivity contribution in [2.24, 2.45) is 0 Å². The zero-order valence-corrected chi connectivity index (χ0v) is 12.7. The highest BCUT2D eigenvalue weighted by atomic mass is 35.5. The maximum atomic E-state index is 12.1. The first kappa shape index (κ1) is 14.8. The predicted molar refractivity (Wildman–Crippen MR) is 80.2 cm³/mol. The lowest BCUT2D eigenvalue weighted by Crippen LogP contribution is -2.10. The Labute approximate surface area is 126 Å². The second-order valence-corrected chi connectivity index (χ2v) is 4.94. The van der Waals surface area contributed by atoms with Crippen LogP contribution >= 0.6 is 23.4 Å². The van der Waals surface area contributed by atoms with Gasteiger partial charge in [-0.1, -0.05) is 53.7 Å². The lowest BCUT2D eigenvalue weighted by molar-refractivity contribution is 0.0526. The monoisotopic (exact) mass is 308 g/mol. The van der Waals surface area contributed by atoms with Crippen molar-refractivity contribution < 1.29 is 9.53 Å². The number of halogens is 1. The molecule has 2 aromatic rings. The highest BCUT2D eigenvalue weighted by Gasteiger charge is 2.22. The first-order chi connectivity index (χ1) is 9.67. The van der Waals surface area contributed by atoms with E-state index in [-0.39, 0.29) is 17.3 Å². The molecule has 0 radical (unpaired) electrons. The van der Waals surface area contributed by atoms with Crippen LogP contribution in [0.25, 0.3) is 11.3 Å². The molecular formula is C14H13ClN2O2S. The molecule has 0 amide bonds. The maximum Gasteiger partial charge on any atom is 0.343 e. The summed E-state index contributed by atoms with van der Waals surface area (Å²) in [5, 5.41) is 0.628. The molecule has 6 heteroatoms. The van der Waals surface area contributed by atoms with Gasteiger partial charge in [-0.05, 0) is 13.2 Å². The van der Waals surface area contributed by atoms with E-state index in [0.717, 1.165) is 5.56 Å². The third-order valence-electron chi connectivity index (χ3n) is 2.55. The largest absolute Gasteiger partial charge is 0.462 e. The van der Waals surface area contributed by atoms with Crippen LogP contribution in [0.1, 0.15) is 17.3 Å². The summed E-state index contributed by atoms with van der Waals surface area (Å²) in [5.74, 6) is -0.510. The summed E-state index contributed by atoms with van der Waals surface area (Å²) >= 11 is 7.50. The van der Waals surface area contributed by atoms with Crippen molar-refractivity contribution in [3.8, 4) is 11.3 Å². The Morgan fingerprint density at radius 3 is 2.60 bits per heavy atom. The molecular weight excluding hydrogens is 296 g/mol. The van der Waals surface area contributed by atoms with Gasteiger partial charge in [0.05, 0.1) is 12.3 Å². The minimum atomic E-state index is -0.510. The summed E-state index contributed by atoms with van der Waals surface area (Å²) in [6, 6.07) is 9.38.